The largest absolute Gasteiger partial charge is 0.256 e. The maximum atomic E-state index is 13.4. The van der Waals surface area contributed by atoms with Gasteiger partial charge in [-0.3, -0.25) is 4.98 Å². The molecule has 1 atom stereocenters. The van der Waals surface area contributed by atoms with Gasteiger partial charge in [-0.15, -0.1) is 0 Å². The first-order chi connectivity index (χ1) is 11.8. The first-order valence-corrected chi connectivity index (χ1v) is 7.97. The molecule has 2 heteroatoms. The van der Waals surface area contributed by atoms with Crippen LogP contribution in [0.3, 0.4) is 0 Å². The van der Waals surface area contributed by atoms with Crippen molar-refractivity contribution in [1.29, 1.82) is 0 Å². The van der Waals surface area contributed by atoms with E-state index in [-0.39, 0.29) is 11.7 Å². The van der Waals surface area contributed by atoms with Crippen LogP contribution in [0, 0.1) is 5.82 Å². The second kappa shape index (κ2) is 6.25. The molecule has 0 unspecified atom stereocenters. The molecule has 1 aromatic heterocycles. The highest BCUT2D eigenvalue weighted by molar-refractivity contribution is 5.83. The smallest absolute Gasteiger partial charge is 0.123 e. The Bertz CT molecular complexity index is 957. The fourth-order valence-corrected chi connectivity index (χ4v) is 3.21. The number of hydrogen-bond donors (Lipinski definition) is 0. The standard InChI is InChI=1S/C22H16FN/c23-19-13-11-17(12-14-19)21(16-6-2-1-3-7-16)20-10-4-8-18-9-5-15-24-22(18)20/h1-15,21H/t21-/m1/s1. The number of halogens is 1. The predicted molar refractivity (Wildman–Crippen MR) is 95.5 cm³/mol. The molecule has 0 aliphatic heterocycles. The normalized spacial score (nSPS) is 12.2. The van der Waals surface area contributed by atoms with E-state index in [0.29, 0.717) is 0 Å². The third-order valence-electron chi connectivity index (χ3n) is 4.31. The molecular weight excluding hydrogens is 297 g/mol. The van der Waals surface area contributed by atoms with Crippen molar-refractivity contribution < 1.29 is 4.39 Å². The second-order valence-corrected chi connectivity index (χ2v) is 5.82. The lowest BCUT2D eigenvalue weighted by Crippen LogP contribution is -2.05. The minimum atomic E-state index is -0.221. The molecular formula is C22H16FN. The van der Waals surface area contributed by atoms with Crippen LogP contribution in [0.5, 0.6) is 0 Å². The van der Waals surface area contributed by atoms with Crippen LogP contribution in [0.2, 0.25) is 0 Å². The minimum absolute atomic E-state index is 0.0189. The van der Waals surface area contributed by atoms with Crippen LogP contribution in [-0.2, 0) is 0 Å². The molecule has 0 N–H and O–H groups in total. The van der Waals surface area contributed by atoms with Crippen LogP contribution in [0.1, 0.15) is 22.6 Å². The molecule has 0 spiro atoms. The third-order valence-corrected chi connectivity index (χ3v) is 4.31. The van der Waals surface area contributed by atoms with Gasteiger partial charge in [0, 0.05) is 17.5 Å². The van der Waals surface area contributed by atoms with E-state index >= 15 is 0 Å². The van der Waals surface area contributed by atoms with Gasteiger partial charge in [-0.2, -0.15) is 0 Å². The van der Waals surface area contributed by atoms with E-state index < -0.39 is 0 Å². The average Bonchev–Trinajstić information content (AvgIpc) is 2.65. The first kappa shape index (κ1) is 14.6. The molecule has 3 aromatic carbocycles. The van der Waals surface area contributed by atoms with Crippen molar-refractivity contribution in [2.45, 2.75) is 5.92 Å². The van der Waals surface area contributed by atoms with Crippen LogP contribution in [0.15, 0.2) is 91.1 Å². The van der Waals surface area contributed by atoms with Crippen molar-refractivity contribution in [2.24, 2.45) is 0 Å². The first-order valence-electron chi connectivity index (χ1n) is 7.97. The average molecular weight is 313 g/mol. The van der Waals surface area contributed by atoms with Crippen molar-refractivity contribution in [3.05, 3.63) is 114 Å². The fourth-order valence-electron chi connectivity index (χ4n) is 3.21. The highest BCUT2D eigenvalue weighted by Crippen LogP contribution is 2.35. The number of rotatable bonds is 3. The lowest BCUT2D eigenvalue weighted by molar-refractivity contribution is 0.627. The molecule has 0 saturated heterocycles. The Morgan fingerprint density at radius 3 is 2.17 bits per heavy atom. The van der Waals surface area contributed by atoms with Gasteiger partial charge < -0.3 is 0 Å². The van der Waals surface area contributed by atoms with E-state index in [9.17, 15) is 4.39 Å². The van der Waals surface area contributed by atoms with Crippen molar-refractivity contribution in [1.82, 2.24) is 4.98 Å². The van der Waals surface area contributed by atoms with Crippen LogP contribution in [0.25, 0.3) is 10.9 Å². The van der Waals surface area contributed by atoms with Gasteiger partial charge >= 0.3 is 0 Å². The Balaban J connectivity index is 1.97. The molecule has 0 amide bonds. The monoisotopic (exact) mass is 313 g/mol. The maximum absolute atomic E-state index is 13.4. The third kappa shape index (κ3) is 2.67. The lowest BCUT2D eigenvalue weighted by atomic mass is 9.84. The zero-order valence-electron chi connectivity index (χ0n) is 13.1. The predicted octanol–water partition coefficient (Wildman–Crippen LogP) is 5.55. The minimum Gasteiger partial charge on any atom is -0.256 e. The summed E-state index contributed by atoms with van der Waals surface area (Å²) in [4.78, 5) is 4.60. The van der Waals surface area contributed by atoms with Gasteiger partial charge in [-0.05, 0) is 34.9 Å². The van der Waals surface area contributed by atoms with Gasteiger partial charge in [0.2, 0.25) is 0 Å². The van der Waals surface area contributed by atoms with E-state index in [1.807, 2.05) is 42.6 Å². The topological polar surface area (TPSA) is 12.9 Å². The molecule has 1 nitrogen and oxygen atoms in total. The van der Waals surface area contributed by atoms with Crippen LogP contribution >= 0.6 is 0 Å². The Kier molecular flexibility index (Phi) is 3.80. The number of benzene rings is 3. The Hall–Kier alpha value is -3.00. The number of para-hydroxylation sites is 1. The van der Waals surface area contributed by atoms with Crippen molar-refractivity contribution >= 4 is 10.9 Å². The highest BCUT2D eigenvalue weighted by atomic mass is 19.1. The number of fused-ring (bicyclic) bond motifs is 1. The van der Waals surface area contributed by atoms with Gasteiger partial charge in [0.15, 0.2) is 0 Å². The van der Waals surface area contributed by atoms with Crippen molar-refractivity contribution in [3.8, 4) is 0 Å². The molecule has 0 aliphatic carbocycles. The van der Waals surface area contributed by atoms with Gasteiger partial charge in [-0.1, -0.05) is 66.7 Å². The van der Waals surface area contributed by atoms with E-state index in [0.717, 1.165) is 22.0 Å². The number of aromatic nitrogens is 1. The van der Waals surface area contributed by atoms with Gasteiger partial charge in [0.25, 0.3) is 0 Å². The summed E-state index contributed by atoms with van der Waals surface area (Å²) >= 11 is 0. The Morgan fingerprint density at radius 2 is 1.38 bits per heavy atom. The Labute approximate surface area is 140 Å². The summed E-state index contributed by atoms with van der Waals surface area (Å²) in [5.74, 6) is -0.202. The summed E-state index contributed by atoms with van der Waals surface area (Å²) in [7, 11) is 0. The molecule has 24 heavy (non-hydrogen) atoms. The summed E-state index contributed by atoms with van der Waals surface area (Å²) in [5, 5.41) is 1.11. The molecule has 116 valence electrons. The molecule has 1 heterocycles. The SMILES string of the molecule is Fc1ccc([C@@H](c2ccccc2)c2cccc3cccnc23)cc1. The van der Waals surface area contributed by atoms with Crippen molar-refractivity contribution in [3.63, 3.8) is 0 Å². The zero-order valence-corrected chi connectivity index (χ0v) is 13.1. The summed E-state index contributed by atoms with van der Waals surface area (Å²) in [6, 6.07) is 27.3. The summed E-state index contributed by atoms with van der Waals surface area (Å²) in [6.45, 7) is 0. The fraction of sp³-hybridized carbons (Fsp3) is 0.0455. The van der Waals surface area contributed by atoms with Crippen molar-refractivity contribution in [2.75, 3.05) is 0 Å². The molecule has 0 radical (unpaired) electrons. The number of hydrogen-bond acceptors (Lipinski definition) is 1. The maximum Gasteiger partial charge on any atom is 0.123 e. The van der Waals surface area contributed by atoms with Crippen LogP contribution < -0.4 is 0 Å². The highest BCUT2D eigenvalue weighted by Gasteiger charge is 2.19. The molecule has 0 fully saturated rings. The lowest BCUT2D eigenvalue weighted by Gasteiger charge is -2.20. The van der Waals surface area contributed by atoms with E-state index in [2.05, 4.69) is 41.4 Å². The summed E-state index contributed by atoms with van der Waals surface area (Å²) in [6.07, 6.45) is 1.82. The second-order valence-electron chi connectivity index (χ2n) is 5.82. The van der Waals surface area contributed by atoms with E-state index in [1.165, 1.54) is 17.7 Å². The molecule has 0 bridgehead atoms. The number of pyridine rings is 1. The quantitative estimate of drug-likeness (QED) is 0.452. The van der Waals surface area contributed by atoms with Gasteiger partial charge in [-0.25, -0.2) is 4.39 Å². The van der Waals surface area contributed by atoms with Crippen LogP contribution in [0.4, 0.5) is 4.39 Å². The number of nitrogens with zero attached hydrogens (tertiary/aromatic N) is 1. The van der Waals surface area contributed by atoms with E-state index in [1.54, 1.807) is 0 Å². The Morgan fingerprint density at radius 1 is 0.667 bits per heavy atom. The molecule has 4 aromatic rings. The van der Waals surface area contributed by atoms with Crippen LogP contribution in [-0.4, -0.2) is 4.98 Å². The zero-order chi connectivity index (χ0) is 16.4. The molecule has 4 rings (SSSR count). The van der Waals surface area contributed by atoms with Gasteiger partial charge in [0.1, 0.15) is 5.82 Å². The molecule has 0 aliphatic rings. The van der Waals surface area contributed by atoms with E-state index in [4.69, 9.17) is 0 Å². The summed E-state index contributed by atoms with van der Waals surface area (Å²) in [5.41, 5.74) is 4.34. The summed E-state index contributed by atoms with van der Waals surface area (Å²) < 4.78 is 13.4. The molecule has 0 saturated carbocycles. The van der Waals surface area contributed by atoms with Gasteiger partial charge in [0.05, 0.1) is 5.52 Å².